The molecule has 0 bridgehead atoms. The molecule has 0 radical (unpaired) electrons. The van der Waals surface area contributed by atoms with Gasteiger partial charge in [-0.25, -0.2) is 4.98 Å². The monoisotopic (exact) mass is 294 g/mol. The molecule has 0 saturated heterocycles. The first-order valence-electron chi connectivity index (χ1n) is 6.99. The van der Waals surface area contributed by atoms with E-state index in [1.165, 1.54) is 30.4 Å². The highest BCUT2D eigenvalue weighted by atomic mass is 32.2. The molecule has 1 aliphatic rings. The van der Waals surface area contributed by atoms with Crippen LogP contribution >= 0.6 is 11.9 Å². The lowest BCUT2D eigenvalue weighted by molar-refractivity contribution is 1.04. The summed E-state index contributed by atoms with van der Waals surface area (Å²) in [6.45, 7) is 0. The van der Waals surface area contributed by atoms with Crippen LogP contribution in [0.3, 0.4) is 0 Å². The van der Waals surface area contributed by atoms with Crippen LogP contribution in [0.1, 0.15) is 24.3 Å². The molecule has 104 valence electrons. The van der Waals surface area contributed by atoms with Gasteiger partial charge in [0.05, 0.1) is 11.2 Å². The smallest absolute Gasteiger partial charge is 0.117 e. The molecule has 1 N–H and O–H groups in total. The summed E-state index contributed by atoms with van der Waals surface area (Å²) in [4.78, 5) is 13.1. The molecule has 3 aromatic heterocycles. The molecular formula is C16H14N4S. The van der Waals surface area contributed by atoms with Crippen LogP contribution < -0.4 is 4.72 Å². The van der Waals surface area contributed by atoms with E-state index in [4.69, 9.17) is 0 Å². The topological polar surface area (TPSA) is 50.7 Å². The molecule has 0 aliphatic heterocycles. The van der Waals surface area contributed by atoms with Crippen LogP contribution in [-0.4, -0.2) is 15.0 Å². The van der Waals surface area contributed by atoms with Crippen molar-refractivity contribution in [3.05, 3.63) is 54.5 Å². The van der Waals surface area contributed by atoms with Gasteiger partial charge in [-0.15, -0.1) is 0 Å². The summed E-state index contributed by atoms with van der Waals surface area (Å²) in [5.74, 6) is 0.746. The van der Waals surface area contributed by atoms with Crippen LogP contribution in [0.4, 0.5) is 5.69 Å². The zero-order valence-electron chi connectivity index (χ0n) is 11.4. The number of fused-ring (bicyclic) bond motifs is 1. The Morgan fingerprint density at radius 3 is 2.81 bits per heavy atom. The average Bonchev–Trinajstić information content (AvgIpc) is 3.38. The lowest BCUT2D eigenvalue weighted by Crippen LogP contribution is -1.93. The van der Waals surface area contributed by atoms with Crippen LogP contribution in [0.2, 0.25) is 0 Å². The molecule has 4 nitrogen and oxygen atoms in total. The minimum atomic E-state index is 0.746. The summed E-state index contributed by atoms with van der Waals surface area (Å²) in [5.41, 5.74) is 4.13. The number of rotatable bonds is 4. The second-order valence-corrected chi connectivity index (χ2v) is 5.96. The number of hydrogen-bond donors (Lipinski definition) is 1. The van der Waals surface area contributed by atoms with E-state index in [-0.39, 0.29) is 0 Å². The molecule has 3 aromatic rings. The predicted molar refractivity (Wildman–Crippen MR) is 85.2 cm³/mol. The maximum Gasteiger partial charge on any atom is 0.117 e. The summed E-state index contributed by atoms with van der Waals surface area (Å²) in [6.07, 6.45) is 8.08. The fourth-order valence-corrected chi connectivity index (χ4v) is 3.01. The Bertz CT molecular complexity index is 781. The van der Waals surface area contributed by atoms with E-state index in [9.17, 15) is 0 Å². The first-order chi connectivity index (χ1) is 10.4. The lowest BCUT2D eigenvalue weighted by Gasteiger charge is -2.08. The Morgan fingerprint density at radius 1 is 1.00 bits per heavy atom. The predicted octanol–water partition coefficient (Wildman–Crippen LogP) is 4.02. The molecule has 21 heavy (non-hydrogen) atoms. The third kappa shape index (κ3) is 2.69. The number of hydrogen-bond acceptors (Lipinski definition) is 5. The number of anilines is 1. The van der Waals surface area contributed by atoms with Gasteiger partial charge in [-0.2, -0.15) is 0 Å². The Balaban J connectivity index is 1.56. The van der Waals surface area contributed by atoms with Crippen molar-refractivity contribution in [3.8, 4) is 0 Å². The fourth-order valence-electron chi connectivity index (χ4n) is 2.32. The fraction of sp³-hybridized carbons (Fsp3) is 0.188. The minimum Gasteiger partial charge on any atom is -0.322 e. The summed E-state index contributed by atoms with van der Waals surface area (Å²) in [6, 6.07) is 10.1. The summed E-state index contributed by atoms with van der Waals surface area (Å²) < 4.78 is 3.34. The highest BCUT2D eigenvalue weighted by Gasteiger charge is 2.23. The maximum atomic E-state index is 4.41. The van der Waals surface area contributed by atoms with Crippen molar-refractivity contribution in [2.45, 2.75) is 23.8 Å². The zero-order chi connectivity index (χ0) is 14.1. The van der Waals surface area contributed by atoms with Crippen LogP contribution in [0.5, 0.6) is 0 Å². The Morgan fingerprint density at radius 2 is 1.90 bits per heavy atom. The number of nitrogens with zero attached hydrogens (tertiary/aromatic N) is 3. The van der Waals surface area contributed by atoms with E-state index >= 15 is 0 Å². The Kier molecular flexibility index (Phi) is 3.20. The molecule has 5 heteroatoms. The zero-order valence-corrected chi connectivity index (χ0v) is 12.2. The largest absolute Gasteiger partial charge is 0.322 e. The van der Waals surface area contributed by atoms with Crippen molar-refractivity contribution >= 4 is 28.7 Å². The molecule has 3 heterocycles. The van der Waals surface area contributed by atoms with Gasteiger partial charge in [-0.05, 0) is 54.7 Å². The molecule has 0 amide bonds. The van der Waals surface area contributed by atoms with Gasteiger partial charge in [-0.3, -0.25) is 9.97 Å². The Hall–Kier alpha value is -2.14. The van der Waals surface area contributed by atoms with Gasteiger partial charge in [0.25, 0.3) is 0 Å². The maximum absolute atomic E-state index is 4.41. The SMILES string of the molecule is c1cnc2c(NSc3cc(C4CC4)ccn3)ccnc2c1. The van der Waals surface area contributed by atoms with E-state index in [1.54, 1.807) is 12.4 Å². The van der Waals surface area contributed by atoms with E-state index in [2.05, 4.69) is 31.8 Å². The second-order valence-electron chi connectivity index (χ2n) is 5.14. The highest BCUT2D eigenvalue weighted by Crippen LogP contribution is 2.40. The average molecular weight is 294 g/mol. The number of pyridine rings is 3. The summed E-state index contributed by atoms with van der Waals surface area (Å²) in [7, 11) is 0. The van der Waals surface area contributed by atoms with Crippen molar-refractivity contribution in [2.24, 2.45) is 0 Å². The van der Waals surface area contributed by atoms with Gasteiger partial charge in [0.2, 0.25) is 0 Å². The molecule has 1 saturated carbocycles. The summed E-state index contributed by atoms with van der Waals surface area (Å²) in [5, 5.41) is 0.986. The highest BCUT2D eigenvalue weighted by molar-refractivity contribution is 8.00. The standard InChI is InChI=1S/C16H14N4S/c1-2-13-16(19-7-1)14(6-9-17-13)20-21-15-10-12(5-8-18-15)11-3-4-11/h1-2,5-11H,3-4H2,(H,17,20). The first-order valence-corrected chi connectivity index (χ1v) is 7.80. The van der Waals surface area contributed by atoms with Crippen molar-refractivity contribution in [2.75, 3.05) is 4.72 Å². The third-order valence-corrected chi connectivity index (χ3v) is 4.32. The van der Waals surface area contributed by atoms with Crippen molar-refractivity contribution < 1.29 is 0 Å². The molecule has 4 rings (SSSR count). The number of aromatic nitrogens is 3. The van der Waals surface area contributed by atoms with E-state index < -0.39 is 0 Å². The molecule has 1 aliphatic carbocycles. The quantitative estimate of drug-likeness (QED) is 0.736. The molecule has 0 spiro atoms. The van der Waals surface area contributed by atoms with Crippen LogP contribution in [0, 0.1) is 0 Å². The first kappa shape index (κ1) is 12.6. The number of nitrogens with one attached hydrogen (secondary N) is 1. The van der Waals surface area contributed by atoms with Crippen molar-refractivity contribution in [3.63, 3.8) is 0 Å². The van der Waals surface area contributed by atoms with Gasteiger partial charge < -0.3 is 4.72 Å². The van der Waals surface area contributed by atoms with E-state index in [0.29, 0.717) is 0 Å². The molecule has 0 atom stereocenters. The van der Waals surface area contributed by atoms with Gasteiger partial charge >= 0.3 is 0 Å². The van der Waals surface area contributed by atoms with E-state index in [1.807, 2.05) is 24.4 Å². The molecule has 0 aromatic carbocycles. The van der Waals surface area contributed by atoms with Gasteiger partial charge in [0, 0.05) is 30.5 Å². The van der Waals surface area contributed by atoms with Crippen LogP contribution in [0.25, 0.3) is 11.0 Å². The lowest BCUT2D eigenvalue weighted by atomic mass is 10.2. The third-order valence-electron chi connectivity index (χ3n) is 3.57. The van der Waals surface area contributed by atoms with Gasteiger partial charge in [0.1, 0.15) is 10.5 Å². The Labute approximate surface area is 127 Å². The molecule has 1 fully saturated rings. The van der Waals surface area contributed by atoms with Crippen molar-refractivity contribution in [1.82, 2.24) is 15.0 Å². The van der Waals surface area contributed by atoms with Crippen LogP contribution in [-0.2, 0) is 0 Å². The van der Waals surface area contributed by atoms with Gasteiger partial charge in [-0.1, -0.05) is 0 Å². The molecular weight excluding hydrogens is 280 g/mol. The van der Waals surface area contributed by atoms with Gasteiger partial charge in [0.15, 0.2) is 0 Å². The normalized spacial score (nSPS) is 14.3. The molecule has 0 unspecified atom stereocenters. The second kappa shape index (κ2) is 5.33. The van der Waals surface area contributed by atoms with E-state index in [0.717, 1.165) is 27.7 Å². The van der Waals surface area contributed by atoms with Crippen molar-refractivity contribution in [1.29, 1.82) is 0 Å². The van der Waals surface area contributed by atoms with Crippen LogP contribution in [0.15, 0.2) is 53.9 Å². The summed E-state index contributed by atoms with van der Waals surface area (Å²) >= 11 is 1.52. The minimum absolute atomic E-state index is 0.746.